The molecule has 0 radical (unpaired) electrons. The smallest absolute Gasteiger partial charge is 0.254 e. The van der Waals surface area contributed by atoms with E-state index in [2.05, 4.69) is 35.4 Å². The van der Waals surface area contributed by atoms with Gasteiger partial charge in [0.1, 0.15) is 17.3 Å². The molecule has 1 aliphatic rings. The lowest BCUT2D eigenvalue weighted by molar-refractivity contribution is 0.0718. The van der Waals surface area contributed by atoms with Crippen LogP contribution in [0.15, 0.2) is 76.2 Å². The van der Waals surface area contributed by atoms with Crippen LogP contribution in [0.1, 0.15) is 34.5 Å². The van der Waals surface area contributed by atoms with Crippen molar-refractivity contribution in [2.45, 2.75) is 36.9 Å². The molecule has 1 amide bonds. The molecule has 0 aliphatic carbocycles. The number of anilines is 1. The van der Waals surface area contributed by atoms with Gasteiger partial charge < -0.3 is 24.1 Å². The molecule has 4 aromatic rings. The van der Waals surface area contributed by atoms with E-state index in [1.807, 2.05) is 12.1 Å². The Hall–Kier alpha value is -3.49. The first-order chi connectivity index (χ1) is 18.0. The molecule has 0 unspecified atom stereocenters. The van der Waals surface area contributed by atoms with Crippen molar-refractivity contribution < 1.29 is 19.1 Å². The minimum absolute atomic E-state index is 0.100. The number of hydrogen-bond donors (Lipinski definition) is 1. The number of amides is 1. The van der Waals surface area contributed by atoms with Crippen molar-refractivity contribution in [2.75, 3.05) is 31.4 Å². The van der Waals surface area contributed by atoms with Gasteiger partial charge in [-0.05, 0) is 73.7 Å². The first-order valence-electron chi connectivity index (χ1n) is 12.4. The zero-order valence-corrected chi connectivity index (χ0v) is 21.9. The quantitative estimate of drug-likeness (QED) is 0.315. The highest BCUT2D eigenvalue weighted by Gasteiger charge is 2.25. The van der Waals surface area contributed by atoms with E-state index in [9.17, 15) is 9.90 Å². The number of piperidine rings is 1. The molecule has 0 spiro atoms. The van der Waals surface area contributed by atoms with E-state index in [0.717, 1.165) is 40.3 Å². The third kappa shape index (κ3) is 5.76. The van der Waals surface area contributed by atoms with E-state index >= 15 is 0 Å². The molecule has 0 atom stereocenters. The maximum absolute atomic E-state index is 13.7. The molecule has 1 N–H and O–H groups in total. The summed E-state index contributed by atoms with van der Waals surface area (Å²) >= 11 is 1.69. The van der Waals surface area contributed by atoms with Gasteiger partial charge in [-0.15, -0.1) is 11.8 Å². The van der Waals surface area contributed by atoms with Crippen LogP contribution in [-0.4, -0.2) is 53.5 Å². The number of pyridine rings is 1. The summed E-state index contributed by atoms with van der Waals surface area (Å²) < 4.78 is 10.9. The molecule has 2 aromatic carbocycles. The summed E-state index contributed by atoms with van der Waals surface area (Å²) in [6.07, 6.45) is 4.79. The summed E-state index contributed by atoms with van der Waals surface area (Å²) in [5, 5.41) is 11.1. The van der Waals surface area contributed by atoms with Gasteiger partial charge in [-0.25, -0.2) is 4.98 Å². The average molecular weight is 518 g/mol. The van der Waals surface area contributed by atoms with E-state index < -0.39 is 0 Å². The SMILES string of the molecule is COc1ccc(C(=O)N(Cc2ccco2)Cc2cc3ccc(SC)cc3nc2N2CCC(O)CC2)cc1. The molecule has 2 aromatic heterocycles. The zero-order valence-electron chi connectivity index (χ0n) is 21.1. The molecule has 0 bridgehead atoms. The summed E-state index contributed by atoms with van der Waals surface area (Å²) in [5.41, 5.74) is 2.47. The maximum atomic E-state index is 13.7. The summed E-state index contributed by atoms with van der Waals surface area (Å²) in [5.74, 6) is 2.18. The number of thioether (sulfide) groups is 1. The van der Waals surface area contributed by atoms with Crippen LogP contribution in [0, 0.1) is 0 Å². The molecular formula is C29H31N3O4S. The van der Waals surface area contributed by atoms with Crippen LogP contribution >= 0.6 is 11.8 Å². The number of aliphatic hydroxyl groups is 1. The van der Waals surface area contributed by atoms with Crippen molar-refractivity contribution in [3.63, 3.8) is 0 Å². The van der Waals surface area contributed by atoms with Crippen LogP contribution in [0.25, 0.3) is 10.9 Å². The highest BCUT2D eigenvalue weighted by Crippen LogP contribution is 2.30. The van der Waals surface area contributed by atoms with E-state index in [-0.39, 0.29) is 12.0 Å². The molecule has 3 heterocycles. The second-order valence-electron chi connectivity index (χ2n) is 9.22. The Morgan fingerprint density at radius 1 is 1.14 bits per heavy atom. The van der Waals surface area contributed by atoms with Gasteiger partial charge in [0.05, 0.1) is 38.1 Å². The number of benzene rings is 2. The number of aromatic nitrogens is 1. The van der Waals surface area contributed by atoms with Gasteiger partial charge in [-0.3, -0.25) is 4.79 Å². The molecule has 7 nitrogen and oxygen atoms in total. The number of ether oxygens (including phenoxy) is 1. The Bertz CT molecular complexity index is 1350. The van der Waals surface area contributed by atoms with Gasteiger partial charge >= 0.3 is 0 Å². The second-order valence-corrected chi connectivity index (χ2v) is 10.1. The molecule has 1 aliphatic heterocycles. The predicted octanol–water partition coefficient (Wildman–Crippen LogP) is 5.36. The third-order valence-corrected chi connectivity index (χ3v) is 7.48. The Kier molecular flexibility index (Phi) is 7.67. The highest BCUT2D eigenvalue weighted by molar-refractivity contribution is 7.98. The third-order valence-electron chi connectivity index (χ3n) is 6.76. The van der Waals surface area contributed by atoms with Crippen molar-refractivity contribution in [1.29, 1.82) is 0 Å². The first-order valence-corrected chi connectivity index (χ1v) is 13.6. The Labute approximate surface area is 221 Å². The predicted molar refractivity (Wildman–Crippen MR) is 146 cm³/mol. The molecule has 192 valence electrons. The minimum atomic E-state index is -0.282. The molecule has 37 heavy (non-hydrogen) atoms. The van der Waals surface area contributed by atoms with Crippen molar-refractivity contribution in [1.82, 2.24) is 9.88 Å². The molecule has 1 saturated heterocycles. The van der Waals surface area contributed by atoms with E-state index in [4.69, 9.17) is 14.1 Å². The largest absolute Gasteiger partial charge is 0.497 e. The van der Waals surface area contributed by atoms with Gasteiger partial charge in [-0.2, -0.15) is 0 Å². The number of rotatable bonds is 8. The lowest BCUT2D eigenvalue weighted by Gasteiger charge is -2.33. The topological polar surface area (TPSA) is 79.0 Å². The summed E-state index contributed by atoms with van der Waals surface area (Å²) in [4.78, 5) is 24.0. The molecular weight excluding hydrogens is 486 g/mol. The second kappa shape index (κ2) is 11.3. The lowest BCUT2D eigenvalue weighted by atomic mass is 10.1. The van der Waals surface area contributed by atoms with Crippen molar-refractivity contribution in [2.24, 2.45) is 0 Å². The van der Waals surface area contributed by atoms with Gasteiger partial charge in [0.15, 0.2) is 0 Å². The highest BCUT2D eigenvalue weighted by atomic mass is 32.2. The number of carbonyl (C=O) groups is 1. The van der Waals surface area contributed by atoms with Crippen LogP contribution in [-0.2, 0) is 13.1 Å². The number of hydrogen-bond acceptors (Lipinski definition) is 7. The summed E-state index contributed by atoms with van der Waals surface area (Å²) in [7, 11) is 1.61. The number of fused-ring (bicyclic) bond motifs is 1. The minimum Gasteiger partial charge on any atom is -0.497 e. The fourth-order valence-corrected chi connectivity index (χ4v) is 5.12. The zero-order chi connectivity index (χ0) is 25.8. The molecule has 5 rings (SSSR count). The average Bonchev–Trinajstić information content (AvgIpc) is 3.45. The van der Waals surface area contributed by atoms with Crippen LogP contribution in [0.5, 0.6) is 5.75 Å². The van der Waals surface area contributed by atoms with Crippen LogP contribution in [0.2, 0.25) is 0 Å². The van der Waals surface area contributed by atoms with E-state index in [0.29, 0.717) is 43.0 Å². The monoisotopic (exact) mass is 517 g/mol. The van der Waals surface area contributed by atoms with Crippen molar-refractivity contribution >= 4 is 34.4 Å². The number of nitrogens with zero attached hydrogens (tertiary/aromatic N) is 3. The van der Waals surface area contributed by atoms with Gasteiger partial charge in [0.2, 0.25) is 0 Å². The fraction of sp³-hybridized carbons (Fsp3) is 0.310. The molecule has 8 heteroatoms. The number of methoxy groups -OCH3 is 1. The standard InChI is InChI=1S/C29H31N3O4S/c1-35-24-8-5-20(6-9-24)29(34)32(19-25-4-3-15-36-25)18-22-16-21-7-10-26(37-2)17-27(21)30-28(22)31-13-11-23(33)12-14-31/h3-10,15-17,23,33H,11-14,18-19H2,1-2H3. The lowest BCUT2D eigenvalue weighted by Crippen LogP contribution is -2.38. The maximum Gasteiger partial charge on any atom is 0.254 e. The van der Waals surface area contributed by atoms with Gasteiger partial charge in [0, 0.05) is 34.5 Å². The first kappa shape index (κ1) is 25.2. The Morgan fingerprint density at radius 3 is 2.59 bits per heavy atom. The van der Waals surface area contributed by atoms with Crippen molar-refractivity contribution in [3.05, 3.63) is 83.8 Å². The van der Waals surface area contributed by atoms with E-state index in [1.54, 1.807) is 54.3 Å². The number of aliphatic hydroxyl groups excluding tert-OH is 1. The van der Waals surface area contributed by atoms with Crippen LogP contribution in [0.4, 0.5) is 5.82 Å². The number of carbonyl (C=O) groups excluding carboxylic acids is 1. The van der Waals surface area contributed by atoms with Gasteiger partial charge in [-0.1, -0.05) is 6.07 Å². The fourth-order valence-electron chi connectivity index (χ4n) is 4.69. The van der Waals surface area contributed by atoms with Crippen molar-refractivity contribution in [3.8, 4) is 5.75 Å². The molecule has 1 fully saturated rings. The normalized spacial score (nSPS) is 14.2. The van der Waals surface area contributed by atoms with Crippen LogP contribution in [0.3, 0.4) is 0 Å². The number of furan rings is 1. The molecule has 0 saturated carbocycles. The summed E-state index contributed by atoms with van der Waals surface area (Å²) in [6.45, 7) is 2.14. The summed E-state index contributed by atoms with van der Waals surface area (Å²) in [6, 6.07) is 19.3. The van der Waals surface area contributed by atoms with Crippen LogP contribution < -0.4 is 9.64 Å². The van der Waals surface area contributed by atoms with E-state index in [1.165, 1.54) is 0 Å². The Morgan fingerprint density at radius 2 is 1.92 bits per heavy atom. The van der Waals surface area contributed by atoms with Gasteiger partial charge in [0.25, 0.3) is 5.91 Å². The Balaban J connectivity index is 1.54.